The minimum Gasteiger partial charge on any atom is -0.406 e. The van der Waals surface area contributed by atoms with Crippen LogP contribution in [0.3, 0.4) is 0 Å². The van der Waals surface area contributed by atoms with Crippen molar-refractivity contribution in [3.63, 3.8) is 0 Å². The number of carbonyl (C=O) groups is 1. The van der Waals surface area contributed by atoms with E-state index in [-0.39, 0.29) is 24.7 Å². The van der Waals surface area contributed by atoms with Crippen LogP contribution in [0.4, 0.5) is 13.2 Å². The van der Waals surface area contributed by atoms with Crippen molar-refractivity contribution in [2.75, 3.05) is 13.6 Å². The number of halogens is 3. The van der Waals surface area contributed by atoms with Crippen LogP contribution >= 0.6 is 0 Å². The molecule has 0 fully saturated rings. The monoisotopic (exact) mass is 262 g/mol. The zero-order valence-corrected chi connectivity index (χ0v) is 9.70. The Bertz CT molecular complexity index is 404. The second-order valence-electron chi connectivity index (χ2n) is 3.65. The summed E-state index contributed by atoms with van der Waals surface area (Å²) in [6.07, 6.45) is -4.70. The minimum atomic E-state index is -4.70. The maximum atomic E-state index is 11.9. The van der Waals surface area contributed by atoms with Crippen LogP contribution in [0.1, 0.15) is 5.56 Å². The molecule has 0 aliphatic rings. The average molecular weight is 262 g/mol. The molecule has 1 aromatic carbocycles. The number of likely N-dealkylation sites (N-methyl/N-ethyl adjacent to an activating group) is 1. The summed E-state index contributed by atoms with van der Waals surface area (Å²) in [6, 6.07) is 5.32. The number of benzene rings is 1. The highest BCUT2D eigenvalue weighted by atomic mass is 19.4. The van der Waals surface area contributed by atoms with E-state index in [2.05, 4.69) is 4.74 Å². The van der Waals surface area contributed by atoms with Crippen molar-refractivity contribution in [3.05, 3.63) is 29.8 Å². The molecule has 7 heteroatoms. The Hall–Kier alpha value is -1.76. The quantitative estimate of drug-likeness (QED) is 0.894. The highest BCUT2D eigenvalue weighted by molar-refractivity contribution is 5.77. The number of carbonyl (C=O) groups excluding carboxylic acids is 1. The summed E-state index contributed by atoms with van der Waals surface area (Å²) in [7, 11) is 1.56. The first kappa shape index (κ1) is 14.3. The van der Waals surface area contributed by atoms with E-state index in [9.17, 15) is 18.0 Å². The number of hydrogen-bond acceptors (Lipinski definition) is 3. The molecule has 1 rings (SSSR count). The normalized spacial score (nSPS) is 11.2. The maximum absolute atomic E-state index is 11.9. The van der Waals surface area contributed by atoms with Crippen molar-refractivity contribution in [3.8, 4) is 5.75 Å². The molecule has 18 heavy (non-hydrogen) atoms. The SMILES string of the molecule is CN(Cc1ccc(OC(F)(F)F)cc1)C(=O)CN. The predicted octanol–water partition coefficient (Wildman–Crippen LogP) is 1.50. The third-order valence-electron chi connectivity index (χ3n) is 2.18. The van der Waals surface area contributed by atoms with Crippen LogP contribution in [-0.2, 0) is 11.3 Å². The fourth-order valence-electron chi connectivity index (χ4n) is 1.31. The molecule has 0 atom stereocenters. The highest BCUT2D eigenvalue weighted by Crippen LogP contribution is 2.22. The van der Waals surface area contributed by atoms with Gasteiger partial charge in [-0.3, -0.25) is 4.79 Å². The van der Waals surface area contributed by atoms with E-state index in [4.69, 9.17) is 5.73 Å². The van der Waals surface area contributed by atoms with Crippen molar-refractivity contribution in [1.82, 2.24) is 4.90 Å². The summed E-state index contributed by atoms with van der Waals surface area (Å²) in [5.41, 5.74) is 5.87. The van der Waals surface area contributed by atoms with Gasteiger partial charge in [-0.1, -0.05) is 12.1 Å². The second kappa shape index (κ2) is 5.72. The summed E-state index contributed by atoms with van der Waals surface area (Å²) in [5, 5.41) is 0. The molecule has 0 saturated heterocycles. The third kappa shape index (κ3) is 4.62. The van der Waals surface area contributed by atoms with Gasteiger partial charge in [-0.25, -0.2) is 0 Å². The fraction of sp³-hybridized carbons (Fsp3) is 0.364. The minimum absolute atomic E-state index is 0.105. The van der Waals surface area contributed by atoms with E-state index in [1.54, 1.807) is 7.05 Å². The van der Waals surface area contributed by atoms with Crippen LogP contribution in [0.25, 0.3) is 0 Å². The molecule has 100 valence electrons. The van der Waals surface area contributed by atoms with Crippen molar-refractivity contribution in [2.45, 2.75) is 12.9 Å². The molecule has 0 aliphatic heterocycles. The van der Waals surface area contributed by atoms with Crippen LogP contribution in [0.2, 0.25) is 0 Å². The molecule has 0 saturated carbocycles. The second-order valence-corrected chi connectivity index (χ2v) is 3.65. The fourth-order valence-corrected chi connectivity index (χ4v) is 1.31. The number of ether oxygens (including phenoxy) is 1. The molecular weight excluding hydrogens is 249 g/mol. The lowest BCUT2D eigenvalue weighted by molar-refractivity contribution is -0.274. The lowest BCUT2D eigenvalue weighted by Gasteiger charge is -2.16. The van der Waals surface area contributed by atoms with Crippen molar-refractivity contribution in [2.24, 2.45) is 5.73 Å². The maximum Gasteiger partial charge on any atom is 0.573 e. The van der Waals surface area contributed by atoms with Crippen molar-refractivity contribution < 1.29 is 22.7 Å². The molecule has 0 spiro atoms. The first-order valence-electron chi connectivity index (χ1n) is 5.10. The number of nitrogens with two attached hydrogens (primary N) is 1. The van der Waals surface area contributed by atoms with Gasteiger partial charge < -0.3 is 15.4 Å². The first-order valence-corrected chi connectivity index (χ1v) is 5.10. The highest BCUT2D eigenvalue weighted by Gasteiger charge is 2.30. The molecule has 0 heterocycles. The number of hydrogen-bond donors (Lipinski definition) is 1. The van der Waals surface area contributed by atoms with Gasteiger partial charge in [-0.05, 0) is 17.7 Å². The average Bonchev–Trinajstić information content (AvgIpc) is 2.28. The number of amides is 1. The van der Waals surface area contributed by atoms with E-state index >= 15 is 0 Å². The van der Waals surface area contributed by atoms with Gasteiger partial charge in [-0.2, -0.15) is 0 Å². The molecule has 0 aliphatic carbocycles. The standard InChI is InChI=1S/C11H13F3N2O2/c1-16(10(17)6-15)7-8-2-4-9(5-3-8)18-11(12,13)14/h2-5H,6-7,15H2,1H3. The third-order valence-corrected chi connectivity index (χ3v) is 2.18. The van der Waals surface area contributed by atoms with E-state index in [1.165, 1.54) is 29.2 Å². The van der Waals surface area contributed by atoms with Gasteiger partial charge in [0.15, 0.2) is 0 Å². The van der Waals surface area contributed by atoms with Gasteiger partial charge in [0.25, 0.3) is 0 Å². The largest absolute Gasteiger partial charge is 0.573 e. The Labute approximate surface area is 102 Å². The molecule has 0 bridgehead atoms. The molecule has 1 aromatic rings. The van der Waals surface area contributed by atoms with Gasteiger partial charge in [-0.15, -0.1) is 13.2 Å². The van der Waals surface area contributed by atoms with Crippen LogP contribution in [0.15, 0.2) is 24.3 Å². The molecule has 1 amide bonds. The van der Waals surface area contributed by atoms with Crippen LogP contribution in [0, 0.1) is 0 Å². The van der Waals surface area contributed by atoms with Crippen molar-refractivity contribution in [1.29, 1.82) is 0 Å². The van der Waals surface area contributed by atoms with Crippen molar-refractivity contribution >= 4 is 5.91 Å². The summed E-state index contributed by atoms with van der Waals surface area (Å²) in [6.45, 7) is 0.175. The van der Waals surface area contributed by atoms with Gasteiger partial charge >= 0.3 is 6.36 Å². The first-order chi connectivity index (χ1) is 8.31. The molecule has 2 N–H and O–H groups in total. The molecule has 0 aromatic heterocycles. The van der Waals surface area contributed by atoms with Crippen LogP contribution < -0.4 is 10.5 Å². The Kier molecular flexibility index (Phi) is 4.55. The lowest BCUT2D eigenvalue weighted by Crippen LogP contribution is -2.32. The predicted molar refractivity (Wildman–Crippen MR) is 58.7 cm³/mol. The van der Waals surface area contributed by atoms with Gasteiger partial charge in [0.05, 0.1) is 6.54 Å². The zero-order valence-electron chi connectivity index (χ0n) is 9.70. The van der Waals surface area contributed by atoms with Crippen LogP contribution in [0.5, 0.6) is 5.75 Å². The summed E-state index contributed by atoms with van der Waals surface area (Å²) in [4.78, 5) is 12.6. The molecule has 4 nitrogen and oxygen atoms in total. The van der Waals surface area contributed by atoms with E-state index in [0.29, 0.717) is 5.56 Å². The van der Waals surface area contributed by atoms with Gasteiger partial charge in [0.2, 0.25) is 5.91 Å². The summed E-state index contributed by atoms with van der Waals surface area (Å²) < 4.78 is 39.5. The van der Waals surface area contributed by atoms with Gasteiger partial charge in [0, 0.05) is 13.6 Å². The van der Waals surface area contributed by atoms with Crippen LogP contribution in [-0.4, -0.2) is 30.8 Å². The van der Waals surface area contributed by atoms with E-state index < -0.39 is 6.36 Å². The Balaban J connectivity index is 2.63. The van der Waals surface area contributed by atoms with E-state index in [0.717, 1.165) is 0 Å². The zero-order chi connectivity index (χ0) is 13.8. The summed E-state index contributed by atoms with van der Waals surface area (Å²) in [5.74, 6) is -0.537. The number of alkyl halides is 3. The topological polar surface area (TPSA) is 55.6 Å². The number of rotatable bonds is 4. The Morgan fingerprint density at radius 3 is 2.33 bits per heavy atom. The summed E-state index contributed by atoms with van der Waals surface area (Å²) >= 11 is 0. The Morgan fingerprint density at radius 1 is 1.33 bits per heavy atom. The van der Waals surface area contributed by atoms with E-state index in [1.807, 2.05) is 0 Å². The molecule has 0 unspecified atom stereocenters. The Morgan fingerprint density at radius 2 is 1.89 bits per heavy atom. The van der Waals surface area contributed by atoms with Gasteiger partial charge in [0.1, 0.15) is 5.75 Å². The molecular formula is C11H13F3N2O2. The lowest BCUT2D eigenvalue weighted by atomic mass is 10.2. The molecule has 0 radical (unpaired) electrons. The number of nitrogens with zero attached hydrogens (tertiary/aromatic N) is 1. The smallest absolute Gasteiger partial charge is 0.406 e.